The molecule has 22 heavy (non-hydrogen) atoms. The summed E-state index contributed by atoms with van der Waals surface area (Å²) >= 11 is 0. The lowest BCUT2D eigenvalue weighted by atomic mass is 9.81. The van der Waals surface area contributed by atoms with Crippen LogP contribution in [0.15, 0.2) is 36.4 Å². The van der Waals surface area contributed by atoms with Gasteiger partial charge in [0.05, 0.1) is 17.3 Å². The highest BCUT2D eigenvalue weighted by atomic mass is 16.5. The number of pyridine rings is 1. The van der Waals surface area contributed by atoms with Crippen molar-refractivity contribution in [3.63, 3.8) is 0 Å². The molecule has 0 bridgehead atoms. The monoisotopic (exact) mass is 295 g/mol. The second kappa shape index (κ2) is 4.92. The molecule has 2 aromatic rings. The van der Waals surface area contributed by atoms with Gasteiger partial charge in [0.25, 0.3) is 0 Å². The average Bonchev–Trinajstić information content (AvgIpc) is 2.48. The van der Waals surface area contributed by atoms with Crippen molar-refractivity contribution in [2.75, 3.05) is 0 Å². The van der Waals surface area contributed by atoms with Crippen molar-refractivity contribution >= 4 is 0 Å². The van der Waals surface area contributed by atoms with Gasteiger partial charge in [-0.15, -0.1) is 0 Å². The summed E-state index contributed by atoms with van der Waals surface area (Å²) in [4.78, 5) is 0. The van der Waals surface area contributed by atoms with Crippen molar-refractivity contribution in [2.24, 2.45) is 0 Å². The van der Waals surface area contributed by atoms with E-state index in [9.17, 15) is 5.21 Å². The normalized spacial score (nSPS) is 18.9. The molecule has 0 saturated heterocycles. The first kappa shape index (κ1) is 14.2. The Kier molecular flexibility index (Phi) is 3.18. The fraction of sp³-hybridized carbons (Fsp3) is 0.294. The van der Waals surface area contributed by atoms with Crippen LogP contribution in [0, 0.1) is 16.7 Å². The molecule has 1 aliphatic rings. The minimum atomic E-state index is -0.392. The Hall–Kier alpha value is -2.74. The van der Waals surface area contributed by atoms with E-state index in [0.717, 1.165) is 16.0 Å². The van der Waals surface area contributed by atoms with Crippen LogP contribution in [0.2, 0.25) is 0 Å². The molecule has 0 aliphatic carbocycles. The number of aromatic nitrogens is 1. The Morgan fingerprint density at radius 2 is 2.14 bits per heavy atom. The predicted molar refractivity (Wildman–Crippen MR) is 79.8 cm³/mol. The van der Waals surface area contributed by atoms with Crippen molar-refractivity contribution in [3.8, 4) is 11.8 Å². The third kappa shape index (κ3) is 2.33. The summed E-state index contributed by atoms with van der Waals surface area (Å²) in [7, 11) is 0. The number of fused-ring (bicyclic) bond motifs is 1. The van der Waals surface area contributed by atoms with E-state index in [-0.39, 0.29) is 11.4 Å². The third-order valence-corrected chi connectivity index (χ3v) is 3.95. The molecule has 112 valence electrons. The van der Waals surface area contributed by atoms with E-state index in [2.05, 4.69) is 6.07 Å². The minimum Gasteiger partial charge on any atom is -0.488 e. The molecular formula is C17H17N3O2. The zero-order chi connectivity index (χ0) is 15.9. The summed E-state index contributed by atoms with van der Waals surface area (Å²) in [6, 6.07) is 12.5. The SMILES string of the molecule is CC1(C)CC(c2cccc(=N)n2O)c2cc(C#N)ccc2O1. The van der Waals surface area contributed by atoms with E-state index in [1.54, 1.807) is 30.3 Å². The molecule has 1 unspecified atom stereocenters. The topological polar surface area (TPSA) is 82.0 Å². The Morgan fingerprint density at radius 3 is 2.86 bits per heavy atom. The van der Waals surface area contributed by atoms with Gasteiger partial charge in [0, 0.05) is 11.5 Å². The first-order chi connectivity index (χ1) is 10.4. The number of hydrogen-bond donors (Lipinski definition) is 2. The third-order valence-electron chi connectivity index (χ3n) is 3.95. The van der Waals surface area contributed by atoms with Crippen LogP contribution in [0.3, 0.4) is 0 Å². The van der Waals surface area contributed by atoms with E-state index in [1.165, 1.54) is 6.07 Å². The fourth-order valence-corrected chi connectivity index (χ4v) is 2.97. The summed E-state index contributed by atoms with van der Waals surface area (Å²) < 4.78 is 6.89. The largest absolute Gasteiger partial charge is 0.488 e. The Bertz CT molecular complexity index is 831. The van der Waals surface area contributed by atoms with Crippen LogP contribution in [-0.4, -0.2) is 15.5 Å². The lowest BCUT2D eigenvalue weighted by Gasteiger charge is -2.38. The molecule has 0 saturated carbocycles. The van der Waals surface area contributed by atoms with Crippen molar-refractivity contribution in [2.45, 2.75) is 31.8 Å². The Morgan fingerprint density at radius 1 is 1.36 bits per heavy atom. The Labute approximate surface area is 128 Å². The Balaban J connectivity index is 2.22. The first-order valence-electron chi connectivity index (χ1n) is 7.10. The van der Waals surface area contributed by atoms with Crippen molar-refractivity contribution in [3.05, 3.63) is 58.7 Å². The fourth-order valence-electron chi connectivity index (χ4n) is 2.97. The molecule has 2 N–H and O–H groups in total. The van der Waals surface area contributed by atoms with Gasteiger partial charge < -0.3 is 9.94 Å². The summed E-state index contributed by atoms with van der Waals surface area (Å²) in [5.41, 5.74) is 1.68. The van der Waals surface area contributed by atoms with E-state index >= 15 is 0 Å². The van der Waals surface area contributed by atoms with Crippen LogP contribution in [-0.2, 0) is 0 Å². The van der Waals surface area contributed by atoms with Gasteiger partial charge in [-0.2, -0.15) is 9.99 Å². The van der Waals surface area contributed by atoms with Crippen molar-refractivity contribution < 1.29 is 9.94 Å². The maximum Gasteiger partial charge on any atom is 0.160 e. The van der Waals surface area contributed by atoms with E-state index < -0.39 is 5.60 Å². The molecule has 3 rings (SSSR count). The summed E-state index contributed by atoms with van der Waals surface area (Å²) in [5, 5.41) is 27.1. The second-order valence-electron chi connectivity index (χ2n) is 6.13. The maximum absolute atomic E-state index is 10.2. The number of nitriles is 1. The van der Waals surface area contributed by atoms with Gasteiger partial charge in [-0.25, -0.2) is 0 Å². The van der Waals surface area contributed by atoms with Crippen LogP contribution in [0.25, 0.3) is 0 Å². The van der Waals surface area contributed by atoms with Gasteiger partial charge in [0.2, 0.25) is 0 Å². The van der Waals surface area contributed by atoms with Gasteiger partial charge in [-0.05, 0) is 50.6 Å². The second-order valence-corrected chi connectivity index (χ2v) is 6.13. The highest BCUT2D eigenvalue weighted by Crippen LogP contribution is 2.44. The number of rotatable bonds is 1. The molecular weight excluding hydrogens is 278 g/mol. The number of nitrogens with one attached hydrogen (secondary N) is 1. The van der Waals surface area contributed by atoms with Gasteiger partial charge >= 0.3 is 0 Å². The number of benzene rings is 1. The predicted octanol–water partition coefficient (Wildman–Crippen LogP) is 2.77. The molecule has 1 atom stereocenters. The molecule has 0 spiro atoms. The molecule has 1 aromatic carbocycles. The van der Waals surface area contributed by atoms with Crippen LogP contribution < -0.4 is 10.2 Å². The van der Waals surface area contributed by atoms with Crippen LogP contribution >= 0.6 is 0 Å². The lowest BCUT2D eigenvalue weighted by molar-refractivity contribution is 0.0709. The zero-order valence-electron chi connectivity index (χ0n) is 12.5. The lowest BCUT2D eigenvalue weighted by Crippen LogP contribution is -2.36. The molecule has 0 amide bonds. The highest BCUT2D eigenvalue weighted by Gasteiger charge is 2.36. The van der Waals surface area contributed by atoms with Crippen molar-refractivity contribution in [1.29, 1.82) is 10.7 Å². The van der Waals surface area contributed by atoms with Gasteiger partial charge in [-0.1, -0.05) is 6.07 Å². The molecule has 5 nitrogen and oxygen atoms in total. The van der Waals surface area contributed by atoms with Gasteiger partial charge in [0.1, 0.15) is 11.4 Å². The average molecular weight is 295 g/mol. The standard InChI is InChI=1S/C17H17N3O2/c1-17(2)9-13(14-4-3-5-16(19)20(14)21)12-8-11(10-18)6-7-15(12)22-17/h3-8,13,19,21H,9H2,1-2H3. The van der Waals surface area contributed by atoms with Crippen LogP contribution in [0.4, 0.5) is 0 Å². The summed E-state index contributed by atoms with van der Waals surface area (Å²) in [6.07, 6.45) is 0.652. The van der Waals surface area contributed by atoms with Crippen molar-refractivity contribution in [1.82, 2.24) is 4.73 Å². The zero-order valence-corrected chi connectivity index (χ0v) is 12.5. The highest BCUT2D eigenvalue weighted by molar-refractivity contribution is 5.48. The number of hydrogen-bond acceptors (Lipinski definition) is 4. The van der Waals surface area contributed by atoms with Gasteiger partial charge in [0.15, 0.2) is 5.49 Å². The maximum atomic E-state index is 10.2. The van der Waals surface area contributed by atoms with Crippen LogP contribution in [0.5, 0.6) is 5.75 Å². The smallest absolute Gasteiger partial charge is 0.160 e. The van der Waals surface area contributed by atoms with Gasteiger partial charge in [-0.3, -0.25) is 5.41 Å². The van der Waals surface area contributed by atoms with E-state index in [4.69, 9.17) is 15.4 Å². The molecule has 2 heterocycles. The number of ether oxygens (including phenoxy) is 1. The molecule has 0 fully saturated rings. The van der Waals surface area contributed by atoms with E-state index in [0.29, 0.717) is 17.7 Å². The summed E-state index contributed by atoms with van der Waals surface area (Å²) in [6.45, 7) is 3.99. The van der Waals surface area contributed by atoms with Crippen LogP contribution in [0.1, 0.15) is 43.0 Å². The quantitative estimate of drug-likeness (QED) is 0.794. The summed E-state index contributed by atoms with van der Waals surface area (Å²) in [5.74, 6) is 0.581. The minimum absolute atomic E-state index is 0.0276. The molecule has 0 radical (unpaired) electrons. The molecule has 1 aliphatic heterocycles. The van der Waals surface area contributed by atoms with E-state index in [1.807, 2.05) is 13.8 Å². The number of nitrogens with zero attached hydrogens (tertiary/aromatic N) is 2. The first-order valence-corrected chi connectivity index (χ1v) is 7.10. The molecule has 1 aromatic heterocycles. The molecule has 5 heteroatoms.